The van der Waals surface area contributed by atoms with Crippen LogP contribution in [-0.2, 0) is 13.0 Å². The van der Waals surface area contributed by atoms with Crippen LogP contribution >= 0.6 is 0 Å². The van der Waals surface area contributed by atoms with E-state index < -0.39 is 5.91 Å². The van der Waals surface area contributed by atoms with Crippen molar-refractivity contribution in [3.05, 3.63) is 77.1 Å². The Kier molecular flexibility index (Phi) is 4.78. The van der Waals surface area contributed by atoms with Crippen molar-refractivity contribution in [2.45, 2.75) is 26.3 Å². The van der Waals surface area contributed by atoms with Gasteiger partial charge in [-0.1, -0.05) is 36.4 Å². The Morgan fingerprint density at radius 1 is 1.16 bits per heavy atom. The lowest BCUT2D eigenvalue weighted by Gasteiger charge is -2.21. The molecule has 4 aromatic rings. The number of benzene rings is 2. The van der Waals surface area contributed by atoms with Crippen molar-refractivity contribution >= 4 is 22.6 Å². The zero-order valence-corrected chi connectivity index (χ0v) is 17.3. The molecule has 0 aliphatic carbocycles. The van der Waals surface area contributed by atoms with Gasteiger partial charge in [-0.05, 0) is 43.5 Å². The number of aromatic nitrogens is 3. The van der Waals surface area contributed by atoms with Crippen molar-refractivity contribution in [1.29, 1.82) is 0 Å². The number of nitrogens with two attached hydrogens (primary N) is 1. The second kappa shape index (κ2) is 7.75. The SMILES string of the molecule is Cc1cc2c(C(N)=O)cccc2n1-c1nc2c(c(NCc3ccccc3)n1)OCCC2. The second-order valence-corrected chi connectivity index (χ2v) is 7.66. The van der Waals surface area contributed by atoms with Gasteiger partial charge in [0.2, 0.25) is 11.9 Å². The van der Waals surface area contributed by atoms with Crippen LogP contribution in [0, 0.1) is 6.92 Å². The number of fused-ring (bicyclic) bond motifs is 2. The van der Waals surface area contributed by atoms with Crippen molar-refractivity contribution in [3.63, 3.8) is 0 Å². The van der Waals surface area contributed by atoms with Gasteiger partial charge < -0.3 is 15.8 Å². The number of hydrogen-bond acceptors (Lipinski definition) is 5. The molecular weight excluding hydrogens is 390 g/mol. The molecule has 0 saturated heterocycles. The number of amides is 1. The summed E-state index contributed by atoms with van der Waals surface area (Å²) in [7, 11) is 0. The summed E-state index contributed by atoms with van der Waals surface area (Å²) in [5.41, 5.74) is 9.88. The largest absolute Gasteiger partial charge is 0.488 e. The van der Waals surface area contributed by atoms with Crippen LogP contribution in [0.4, 0.5) is 5.82 Å². The zero-order valence-electron chi connectivity index (χ0n) is 17.3. The zero-order chi connectivity index (χ0) is 21.4. The van der Waals surface area contributed by atoms with Gasteiger partial charge in [0, 0.05) is 23.2 Å². The molecule has 156 valence electrons. The third-order valence-electron chi connectivity index (χ3n) is 5.53. The standard InChI is InChI=1S/C24H23N5O2/c1-15-13-18-17(22(25)30)9-5-11-20(18)29(15)24-27-19-10-6-12-31-21(19)23(28-24)26-14-16-7-3-2-4-8-16/h2-5,7-9,11,13H,6,10,12,14H2,1H3,(H2,25,30)(H,26,27,28). The van der Waals surface area contributed by atoms with Gasteiger partial charge in [0.05, 0.1) is 17.8 Å². The minimum atomic E-state index is -0.451. The maximum absolute atomic E-state index is 11.9. The van der Waals surface area contributed by atoms with Gasteiger partial charge in [-0.25, -0.2) is 4.98 Å². The molecule has 3 N–H and O–H groups in total. The minimum Gasteiger partial charge on any atom is -0.488 e. The Morgan fingerprint density at radius 3 is 2.81 bits per heavy atom. The Balaban J connectivity index is 1.62. The van der Waals surface area contributed by atoms with E-state index in [1.54, 1.807) is 6.07 Å². The molecule has 1 amide bonds. The molecule has 31 heavy (non-hydrogen) atoms. The Morgan fingerprint density at radius 2 is 2.00 bits per heavy atom. The average Bonchev–Trinajstić information content (AvgIpc) is 3.13. The van der Waals surface area contributed by atoms with Crippen molar-refractivity contribution in [2.24, 2.45) is 5.73 Å². The van der Waals surface area contributed by atoms with Crippen LogP contribution in [0.1, 0.15) is 33.7 Å². The highest BCUT2D eigenvalue weighted by molar-refractivity contribution is 6.06. The van der Waals surface area contributed by atoms with E-state index in [1.807, 2.05) is 47.9 Å². The van der Waals surface area contributed by atoms with Crippen LogP contribution in [0.3, 0.4) is 0 Å². The number of nitrogens with one attached hydrogen (secondary N) is 1. The van der Waals surface area contributed by atoms with Gasteiger partial charge >= 0.3 is 0 Å². The third-order valence-corrected chi connectivity index (χ3v) is 5.53. The van der Waals surface area contributed by atoms with E-state index in [9.17, 15) is 4.79 Å². The normalized spacial score (nSPS) is 12.9. The van der Waals surface area contributed by atoms with E-state index in [4.69, 9.17) is 20.4 Å². The summed E-state index contributed by atoms with van der Waals surface area (Å²) in [6.45, 7) is 3.26. The third kappa shape index (κ3) is 3.48. The smallest absolute Gasteiger partial charge is 0.249 e. The molecule has 0 radical (unpaired) electrons. The fourth-order valence-electron chi connectivity index (χ4n) is 4.06. The molecule has 3 heterocycles. The molecule has 7 nitrogen and oxygen atoms in total. The molecule has 0 saturated carbocycles. The molecule has 5 rings (SSSR count). The predicted octanol–water partition coefficient (Wildman–Crippen LogP) is 3.76. The van der Waals surface area contributed by atoms with Crippen LogP contribution in [0.2, 0.25) is 0 Å². The fourth-order valence-corrected chi connectivity index (χ4v) is 4.06. The summed E-state index contributed by atoms with van der Waals surface area (Å²) < 4.78 is 7.89. The molecular formula is C24H23N5O2. The first kappa shape index (κ1) is 19.1. The fraction of sp³-hybridized carbons (Fsp3) is 0.208. The predicted molar refractivity (Wildman–Crippen MR) is 120 cm³/mol. The molecule has 2 aromatic carbocycles. The lowest BCUT2D eigenvalue weighted by molar-refractivity contribution is 0.100. The monoisotopic (exact) mass is 413 g/mol. The molecule has 0 unspecified atom stereocenters. The number of aryl methyl sites for hydroxylation is 2. The number of carbonyl (C=O) groups is 1. The van der Waals surface area contributed by atoms with E-state index in [1.165, 1.54) is 0 Å². The summed E-state index contributed by atoms with van der Waals surface area (Å²) in [5.74, 6) is 1.50. The summed E-state index contributed by atoms with van der Waals surface area (Å²) >= 11 is 0. The van der Waals surface area contributed by atoms with Crippen LogP contribution in [0.15, 0.2) is 54.6 Å². The van der Waals surface area contributed by atoms with Gasteiger partial charge in [0.1, 0.15) is 0 Å². The van der Waals surface area contributed by atoms with Crippen LogP contribution in [0.25, 0.3) is 16.9 Å². The molecule has 2 aromatic heterocycles. The van der Waals surface area contributed by atoms with E-state index in [-0.39, 0.29) is 0 Å². The Labute approximate surface area is 179 Å². The number of primary amides is 1. The molecule has 0 bridgehead atoms. The molecule has 0 atom stereocenters. The number of rotatable bonds is 5. The molecule has 0 spiro atoms. The molecule has 7 heteroatoms. The lowest BCUT2D eigenvalue weighted by Crippen LogP contribution is -2.17. The van der Waals surface area contributed by atoms with E-state index in [0.29, 0.717) is 30.5 Å². The number of nitrogens with zero attached hydrogens (tertiary/aromatic N) is 3. The lowest BCUT2D eigenvalue weighted by atomic mass is 10.1. The quantitative estimate of drug-likeness (QED) is 0.519. The maximum Gasteiger partial charge on any atom is 0.249 e. The Bertz CT molecular complexity index is 1280. The average molecular weight is 413 g/mol. The molecule has 1 aliphatic heterocycles. The van der Waals surface area contributed by atoms with E-state index in [2.05, 4.69) is 17.4 Å². The van der Waals surface area contributed by atoms with Crippen molar-refractivity contribution in [3.8, 4) is 11.7 Å². The van der Waals surface area contributed by atoms with Crippen LogP contribution in [-0.4, -0.2) is 27.0 Å². The van der Waals surface area contributed by atoms with Gasteiger partial charge in [0.15, 0.2) is 11.6 Å². The minimum absolute atomic E-state index is 0.451. The van der Waals surface area contributed by atoms with Gasteiger partial charge in [-0.15, -0.1) is 0 Å². The maximum atomic E-state index is 11.9. The first-order chi connectivity index (χ1) is 15.1. The van der Waals surface area contributed by atoms with Gasteiger partial charge in [-0.3, -0.25) is 9.36 Å². The number of ether oxygens (including phenoxy) is 1. The topological polar surface area (TPSA) is 95.1 Å². The number of hydrogen-bond donors (Lipinski definition) is 2. The van der Waals surface area contributed by atoms with E-state index in [0.717, 1.165) is 46.4 Å². The molecule has 1 aliphatic rings. The number of carbonyl (C=O) groups excluding carboxylic acids is 1. The highest BCUT2D eigenvalue weighted by Gasteiger charge is 2.22. The van der Waals surface area contributed by atoms with Gasteiger partial charge in [-0.2, -0.15) is 4.98 Å². The highest BCUT2D eigenvalue weighted by atomic mass is 16.5. The van der Waals surface area contributed by atoms with Crippen molar-refractivity contribution < 1.29 is 9.53 Å². The second-order valence-electron chi connectivity index (χ2n) is 7.66. The van der Waals surface area contributed by atoms with Crippen molar-refractivity contribution in [1.82, 2.24) is 14.5 Å². The summed E-state index contributed by atoms with van der Waals surface area (Å²) in [6, 6.07) is 17.6. The highest BCUT2D eigenvalue weighted by Crippen LogP contribution is 2.33. The van der Waals surface area contributed by atoms with E-state index >= 15 is 0 Å². The number of anilines is 1. The summed E-state index contributed by atoms with van der Waals surface area (Å²) in [5, 5.41) is 4.22. The van der Waals surface area contributed by atoms with Crippen molar-refractivity contribution in [2.75, 3.05) is 11.9 Å². The first-order valence-electron chi connectivity index (χ1n) is 10.3. The van der Waals surface area contributed by atoms with Crippen LogP contribution in [0.5, 0.6) is 5.75 Å². The first-order valence-corrected chi connectivity index (χ1v) is 10.3. The molecule has 0 fully saturated rings. The van der Waals surface area contributed by atoms with Crippen LogP contribution < -0.4 is 15.8 Å². The van der Waals surface area contributed by atoms with Gasteiger partial charge in [0.25, 0.3) is 0 Å². The Hall–Kier alpha value is -3.87. The summed E-state index contributed by atoms with van der Waals surface area (Å²) in [6.07, 6.45) is 1.74. The summed E-state index contributed by atoms with van der Waals surface area (Å²) in [4.78, 5) is 21.5.